The summed E-state index contributed by atoms with van der Waals surface area (Å²) in [4.78, 5) is 28.1. The van der Waals surface area contributed by atoms with Crippen LogP contribution < -0.4 is 14.8 Å². The second kappa shape index (κ2) is 12.4. The van der Waals surface area contributed by atoms with Crippen molar-refractivity contribution in [1.82, 2.24) is 15.1 Å². The molecule has 184 valence electrons. The van der Waals surface area contributed by atoms with Crippen LogP contribution in [0.2, 0.25) is 0 Å². The molecule has 0 saturated carbocycles. The molecule has 33 heavy (non-hydrogen) atoms. The highest BCUT2D eigenvalue weighted by Gasteiger charge is 2.25. The third-order valence-corrected chi connectivity index (χ3v) is 4.82. The van der Waals surface area contributed by atoms with Crippen molar-refractivity contribution in [3.8, 4) is 11.5 Å². The third kappa shape index (κ3) is 9.25. The molecule has 0 bridgehead atoms. The monoisotopic (exact) mass is 469 g/mol. The van der Waals surface area contributed by atoms with Crippen molar-refractivity contribution in [3.63, 3.8) is 0 Å². The first-order valence-corrected chi connectivity index (χ1v) is 10.9. The number of amides is 2. The van der Waals surface area contributed by atoms with E-state index in [1.165, 1.54) is 25.3 Å². The Labute approximate surface area is 193 Å². The minimum Gasteiger partial charge on any atom is -0.493 e. The van der Waals surface area contributed by atoms with Gasteiger partial charge in [0.2, 0.25) is 5.91 Å². The molecule has 10 heteroatoms. The van der Waals surface area contributed by atoms with Crippen molar-refractivity contribution in [2.75, 3.05) is 46.4 Å². The number of hydrogen-bond donors (Lipinski definition) is 1. The molecule has 1 aliphatic rings. The summed E-state index contributed by atoms with van der Waals surface area (Å²) < 4.78 is 40.4. The SMILES string of the molecule is COc1cccc(C=CC(=O)NCCCN2CCN(C(=O)OC(C)(C)C)CC2)c1OC(F)F. The van der Waals surface area contributed by atoms with Gasteiger partial charge in [0.15, 0.2) is 11.5 Å². The fourth-order valence-electron chi connectivity index (χ4n) is 3.26. The Hall–Kier alpha value is -2.88. The lowest BCUT2D eigenvalue weighted by molar-refractivity contribution is -0.116. The van der Waals surface area contributed by atoms with Gasteiger partial charge in [-0.3, -0.25) is 9.69 Å². The van der Waals surface area contributed by atoms with Gasteiger partial charge < -0.3 is 24.4 Å². The lowest BCUT2D eigenvalue weighted by Gasteiger charge is -2.35. The minimum atomic E-state index is -3.01. The number of ether oxygens (including phenoxy) is 3. The number of para-hydroxylation sites is 1. The van der Waals surface area contributed by atoms with Gasteiger partial charge in [-0.05, 0) is 45.9 Å². The molecular formula is C23H33F2N3O5. The van der Waals surface area contributed by atoms with Crippen molar-refractivity contribution in [1.29, 1.82) is 0 Å². The molecule has 1 heterocycles. The first-order valence-electron chi connectivity index (χ1n) is 10.9. The van der Waals surface area contributed by atoms with E-state index >= 15 is 0 Å². The van der Waals surface area contributed by atoms with E-state index in [0.717, 1.165) is 26.1 Å². The average molecular weight is 470 g/mol. The van der Waals surface area contributed by atoms with Gasteiger partial charge in [0.1, 0.15) is 5.60 Å². The second-order valence-corrected chi connectivity index (χ2v) is 8.54. The van der Waals surface area contributed by atoms with Crippen molar-refractivity contribution >= 4 is 18.1 Å². The Morgan fingerprint density at radius 1 is 1.18 bits per heavy atom. The van der Waals surface area contributed by atoms with Crippen LogP contribution in [0.1, 0.15) is 32.8 Å². The van der Waals surface area contributed by atoms with Gasteiger partial charge in [0.05, 0.1) is 7.11 Å². The molecule has 0 aromatic heterocycles. The Morgan fingerprint density at radius 3 is 2.48 bits per heavy atom. The van der Waals surface area contributed by atoms with E-state index < -0.39 is 12.2 Å². The molecule has 1 aromatic carbocycles. The first-order chi connectivity index (χ1) is 15.6. The van der Waals surface area contributed by atoms with Crippen LogP contribution in [0.3, 0.4) is 0 Å². The largest absolute Gasteiger partial charge is 0.493 e. The van der Waals surface area contributed by atoms with Crippen LogP contribution >= 0.6 is 0 Å². The third-order valence-electron chi connectivity index (χ3n) is 4.82. The standard InChI is InChI=1S/C23H33F2N3O5/c1-23(2,3)33-22(30)28-15-13-27(14-16-28)12-6-11-26-19(29)10-9-17-7-5-8-18(31-4)20(17)32-21(24)25/h5,7-10,21H,6,11-16H2,1-4H3,(H,26,29). The fraction of sp³-hybridized carbons (Fsp3) is 0.565. The van der Waals surface area contributed by atoms with Crippen molar-refractivity contribution < 1.29 is 32.6 Å². The molecule has 1 N–H and O–H groups in total. The summed E-state index contributed by atoms with van der Waals surface area (Å²) in [6.45, 7) is 6.48. The maximum Gasteiger partial charge on any atom is 0.410 e. The van der Waals surface area contributed by atoms with E-state index in [4.69, 9.17) is 9.47 Å². The fourth-order valence-corrected chi connectivity index (χ4v) is 3.26. The van der Waals surface area contributed by atoms with E-state index in [0.29, 0.717) is 25.2 Å². The van der Waals surface area contributed by atoms with Crippen LogP contribution in [0.25, 0.3) is 6.08 Å². The highest BCUT2D eigenvalue weighted by Crippen LogP contribution is 2.33. The molecule has 2 rings (SSSR count). The van der Waals surface area contributed by atoms with Gasteiger partial charge in [0, 0.05) is 44.4 Å². The molecule has 1 fully saturated rings. The number of rotatable bonds is 9. The number of piperazine rings is 1. The predicted molar refractivity (Wildman–Crippen MR) is 121 cm³/mol. The summed E-state index contributed by atoms with van der Waals surface area (Å²) in [5, 5.41) is 2.78. The van der Waals surface area contributed by atoms with E-state index in [9.17, 15) is 18.4 Å². The van der Waals surface area contributed by atoms with Gasteiger partial charge >= 0.3 is 12.7 Å². The smallest absolute Gasteiger partial charge is 0.410 e. The summed E-state index contributed by atoms with van der Waals surface area (Å²) >= 11 is 0. The molecule has 1 aromatic rings. The summed E-state index contributed by atoms with van der Waals surface area (Å²) in [5.41, 5.74) is -0.196. The van der Waals surface area contributed by atoms with E-state index in [-0.39, 0.29) is 23.5 Å². The molecule has 1 saturated heterocycles. The van der Waals surface area contributed by atoms with Gasteiger partial charge in [-0.2, -0.15) is 8.78 Å². The molecule has 0 unspecified atom stereocenters. The van der Waals surface area contributed by atoms with Crippen LogP contribution in [-0.4, -0.2) is 80.4 Å². The highest BCUT2D eigenvalue weighted by atomic mass is 19.3. The van der Waals surface area contributed by atoms with Crippen LogP contribution in [0.5, 0.6) is 11.5 Å². The van der Waals surface area contributed by atoms with Gasteiger partial charge in [-0.1, -0.05) is 12.1 Å². The van der Waals surface area contributed by atoms with Crippen LogP contribution in [0.4, 0.5) is 13.6 Å². The van der Waals surface area contributed by atoms with Crippen LogP contribution in [0, 0.1) is 0 Å². The molecular weight excluding hydrogens is 436 g/mol. The Morgan fingerprint density at radius 2 is 1.88 bits per heavy atom. The lowest BCUT2D eigenvalue weighted by atomic mass is 10.1. The summed E-state index contributed by atoms with van der Waals surface area (Å²) in [6.07, 6.45) is 3.13. The normalized spacial score (nSPS) is 15.1. The Bertz CT molecular complexity index is 819. The maximum absolute atomic E-state index is 12.7. The number of nitrogens with zero attached hydrogens (tertiary/aromatic N) is 2. The number of methoxy groups -OCH3 is 1. The quantitative estimate of drug-likeness (QED) is 0.441. The van der Waals surface area contributed by atoms with Gasteiger partial charge in [-0.15, -0.1) is 0 Å². The number of carbonyl (C=O) groups excluding carboxylic acids is 2. The van der Waals surface area contributed by atoms with E-state index in [2.05, 4.69) is 15.0 Å². The molecule has 0 aliphatic carbocycles. The number of benzene rings is 1. The van der Waals surface area contributed by atoms with Crippen LogP contribution in [0.15, 0.2) is 24.3 Å². The topological polar surface area (TPSA) is 80.3 Å². The molecule has 1 aliphatic heterocycles. The summed E-state index contributed by atoms with van der Waals surface area (Å²) in [7, 11) is 1.35. The summed E-state index contributed by atoms with van der Waals surface area (Å²) in [5.74, 6) is -0.301. The molecule has 0 radical (unpaired) electrons. The number of halogens is 2. The second-order valence-electron chi connectivity index (χ2n) is 8.54. The van der Waals surface area contributed by atoms with Crippen molar-refractivity contribution in [3.05, 3.63) is 29.8 Å². The number of alkyl halides is 2. The lowest BCUT2D eigenvalue weighted by Crippen LogP contribution is -2.50. The zero-order valence-corrected chi connectivity index (χ0v) is 19.6. The Balaban J connectivity index is 1.72. The van der Waals surface area contributed by atoms with Crippen molar-refractivity contribution in [2.24, 2.45) is 0 Å². The van der Waals surface area contributed by atoms with E-state index in [1.54, 1.807) is 17.0 Å². The van der Waals surface area contributed by atoms with Gasteiger partial charge in [0.25, 0.3) is 0 Å². The summed E-state index contributed by atoms with van der Waals surface area (Å²) in [6, 6.07) is 4.68. The Kier molecular flexibility index (Phi) is 9.90. The van der Waals surface area contributed by atoms with Crippen molar-refractivity contribution in [2.45, 2.75) is 39.4 Å². The highest BCUT2D eigenvalue weighted by molar-refractivity contribution is 5.92. The number of carbonyl (C=O) groups is 2. The predicted octanol–water partition coefficient (Wildman–Crippen LogP) is 3.37. The van der Waals surface area contributed by atoms with E-state index in [1.807, 2.05) is 20.8 Å². The molecule has 0 atom stereocenters. The minimum absolute atomic E-state index is 0.121. The first kappa shape index (κ1) is 26.4. The molecule has 0 spiro atoms. The van der Waals surface area contributed by atoms with Crippen LogP contribution in [-0.2, 0) is 9.53 Å². The maximum atomic E-state index is 12.7. The molecule has 2 amide bonds. The van der Waals surface area contributed by atoms with Gasteiger partial charge in [-0.25, -0.2) is 4.79 Å². The number of hydrogen-bond acceptors (Lipinski definition) is 6. The zero-order valence-electron chi connectivity index (χ0n) is 19.6. The zero-order chi connectivity index (χ0) is 24.4. The number of nitrogens with one attached hydrogen (secondary N) is 1. The molecule has 8 nitrogen and oxygen atoms in total. The average Bonchev–Trinajstić information content (AvgIpc) is 2.74.